The van der Waals surface area contributed by atoms with Gasteiger partial charge in [-0.1, -0.05) is 5.16 Å². The Morgan fingerprint density at radius 2 is 2.50 bits per heavy atom. The number of hydrazine groups is 1. The molecule has 1 amide bonds. The van der Waals surface area contributed by atoms with Crippen molar-refractivity contribution in [2.75, 3.05) is 13.7 Å². The van der Waals surface area contributed by atoms with Crippen LogP contribution >= 0.6 is 0 Å². The summed E-state index contributed by atoms with van der Waals surface area (Å²) in [4.78, 5) is 11.0. The van der Waals surface area contributed by atoms with Crippen LogP contribution in [0.4, 0.5) is 0 Å². The number of nitrogens with zero attached hydrogens (tertiary/aromatic N) is 1. The highest BCUT2D eigenvalue weighted by Crippen LogP contribution is 2.06. The summed E-state index contributed by atoms with van der Waals surface area (Å²) in [6.45, 7) is 2.59. The first kappa shape index (κ1) is 12.6. The lowest BCUT2D eigenvalue weighted by Crippen LogP contribution is -2.30. The molecule has 90 valence electrons. The Bertz CT molecular complexity index is 339. The summed E-state index contributed by atoms with van der Waals surface area (Å²) < 4.78 is 15.2. The van der Waals surface area contributed by atoms with Crippen molar-refractivity contribution < 1.29 is 18.8 Å². The number of amides is 1. The Morgan fingerprint density at radius 1 is 1.75 bits per heavy atom. The highest BCUT2D eigenvalue weighted by atomic mass is 16.5. The molecule has 0 saturated heterocycles. The van der Waals surface area contributed by atoms with Crippen molar-refractivity contribution in [2.45, 2.75) is 19.6 Å². The zero-order valence-electron chi connectivity index (χ0n) is 9.23. The van der Waals surface area contributed by atoms with E-state index in [2.05, 4.69) is 5.16 Å². The maximum Gasteiger partial charge on any atom is 0.287 e. The highest BCUT2D eigenvalue weighted by molar-refractivity contribution is 5.91. The minimum atomic E-state index is -0.500. The second-order valence-electron chi connectivity index (χ2n) is 3.23. The van der Waals surface area contributed by atoms with Crippen molar-refractivity contribution in [3.63, 3.8) is 0 Å². The number of nitrogens with two attached hydrogens (primary N) is 1. The van der Waals surface area contributed by atoms with Crippen LogP contribution in [-0.2, 0) is 16.1 Å². The van der Waals surface area contributed by atoms with E-state index in [1.54, 1.807) is 7.11 Å². The number of hydrogen-bond acceptors (Lipinski definition) is 6. The summed E-state index contributed by atoms with van der Waals surface area (Å²) >= 11 is 0. The summed E-state index contributed by atoms with van der Waals surface area (Å²) in [6, 6.07) is 1.47. The zero-order chi connectivity index (χ0) is 12.0. The maximum absolute atomic E-state index is 11.0. The van der Waals surface area contributed by atoms with E-state index in [0.29, 0.717) is 12.4 Å². The molecule has 7 heteroatoms. The summed E-state index contributed by atoms with van der Waals surface area (Å²) in [7, 11) is 1.60. The van der Waals surface area contributed by atoms with Crippen LogP contribution in [0.3, 0.4) is 0 Å². The molecule has 3 N–H and O–H groups in total. The molecule has 1 unspecified atom stereocenters. The number of methoxy groups -OCH3 is 1. The molecule has 1 rings (SSSR count). The number of nitrogens with one attached hydrogen (secondary N) is 1. The number of carbonyl (C=O) groups excluding carboxylic acids is 1. The lowest BCUT2D eigenvalue weighted by molar-refractivity contribution is -0.00792. The van der Waals surface area contributed by atoms with E-state index in [-0.39, 0.29) is 18.4 Å². The van der Waals surface area contributed by atoms with Crippen molar-refractivity contribution in [3.8, 4) is 0 Å². The van der Waals surface area contributed by atoms with Gasteiger partial charge in [0.1, 0.15) is 6.61 Å². The van der Waals surface area contributed by atoms with Gasteiger partial charge in [0.05, 0.1) is 12.7 Å². The zero-order valence-corrected chi connectivity index (χ0v) is 9.23. The van der Waals surface area contributed by atoms with E-state index in [4.69, 9.17) is 19.8 Å². The molecule has 7 nitrogen and oxygen atoms in total. The minimum absolute atomic E-state index is 0.0538. The largest absolute Gasteiger partial charge is 0.382 e. The lowest BCUT2D eigenvalue weighted by Gasteiger charge is -2.09. The Hall–Kier alpha value is -1.44. The third-order valence-corrected chi connectivity index (χ3v) is 1.83. The molecule has 0 aliphatic carbocycles. The average molecular weight is 229 g/mol. The van der Waals surface area contributed by atoms with E-state index < -0.39 is 5.91 Å². The van der Waals surface area contributed by atoms with Gasteiger partial charge in [-0.3, -0.25) is 10.2 Å². The van der Waals surface area contributed by atoms with Gasteiger partial charge in [0.15, 0.2) is 11.5 Å². The summed E-state index contributed by atoms with van der Waals surface area (Å²) in [5.41, 5.74) is 2.08. The number of aromatic nitrogens is 1. The number of nitrogen functional groups attached to an aromatic ring is 1. The van der Waals surface area contributed by atoms with Crippen LogP contribution in [0.15, 0.2) is 10.6 Å². The van der Waals surface area contributed by atoms with Gasteiger partial charge in [-0.15, -0.1) is 0 Å². The van der Waals surface area contributed by atoms with Gasteiger partial charge in [-0.2, -0.15) is 0 Å². The molecule has 0 aromatic carbocycles. The Morgan fingerprint density at radius 3 is 3.12 bits per heavy atom. The Kier molecular flexibility index (Phi) is 4.90. The Labute approximate surface area is 92.8 Å². The summed E-state index contributed by atoms with van der Waals surface area (Å²) in [5, 5.41) is 3.53. The lowest BCUT2D eigenvalue weighted by atomic mass is 10.3. The Balaban J connectivity index is 2.43. The second kappa shape index (κ2) is 6.21. The monoisotopic (exact) mass is 229 g/mol. The molecule has 0 aliphatic heterocycles. The minimum Gasteiger partial charge on any atom is -0.382 e. The molecule has 1 aromatic rings. The number of ether oxygens (including phenoxy) is 2. The number of hydrogen-bond donors (Lipinski definition) is 2. The first-order valence-electron chi connectivity index (χ1n) is 4.74. The molecule has 0 spiro atoms. The van der Waals surface area contributed by atoms with Gasteiger partial charge in [0.2, 0.25) is 0 Å². The van der Waals surface area contributed by atoms with Gasteiger partial charge >= 0.3 is 0 Å². The fourth-order valence-electron chi connectivity index (χ4n) is 1.07. The molecule has 0 saturated carbocycles. The van der Waals surface area contributed by atoms with Gasteiger partial charge in [0.25, 0.3) is 5.91 Å². The third-order valence-electron chi connectivity index (χ3n) is 1.83. The maximum atomic E-state index is 11.0. The van der Waals surface area contributed by atoms with Gasteiger partial charge in [-0.25, -0.2) is 5.84 Å². The molecule has 0 radical (unpaired) electrons. The number of rotatable bonds is 6. The quantitative estimate of drug-likeness (QED) is 0.399. The topological polar surface area (TPSA) is 99.6 Å². The van der Waals surface area contributed by atoms with Crippen molar-refractivity contribution in [3.05, 3.63) is 17.5 Å². The van der Waals surface area contributed by atoms with Crippen molar-refractivity contribution in [1.82, 2.24) is 10.6 Å². The van der Waals surface area contributed by atoms with E-state index in [0.717, 1.165) is 0 Å². The van der Waals surface area contributed by atoms with Crippen LogP contribution in [0.1, 0.15) is 23.2 Å². The first-order valence-corrected chi connectivity index (χ1v) is 4.74. The fraction of sp³-hybridized carbons (Fsp3) is 0.556. The van der Waals surface area contributed by atoms with Crippen LogP contribution in [0, 0.1) is 0 Å². The van der Waals surface area contributed by atoms with Crippen LogP contribution in [0.25, 0.3) is 0 Å². The molecule has 1 aromatic heterocycles. The molecule has 0 fully saturated rings. The first-order chi connectivity index (χ1) is 7.67. The third kappa shape index (κ3) is 3.61. The fourth-order valence-corrected chi connectivity index (χ4v) is 1.07. The second-order valence-corrected chi connectivity index (χ2v) is 3.23. The number of carbonyl (C=O) groups is 1. The summed E-state index contributed by atoms with van der Waals surface area (Å²) in [6.07, 6.45) is -0.0538. The van der Waals surface area contributed by atoms with E-state index in [1.807, 2.05) is 12.3 Å². The molecule has 0 bridgehead atoms. The smallest absolute Gasteiger partial charge is 0.287 e. The van der Waals surface area contributed by atoms with E-state index >= 15 is 0 Å². The van der Waals surface area contributed by atoms with Crippen LogP contribution < -0.4 is 11.3 Å². The normalized spacial score (nSPS) is 12.4. The molecular formula is C9H15N3O4. The predicted molar refractivity (Wildman–Crippen MR) is 54.3 cm³/mol. The summed E-state index contributed by atoms with van der Waals surface area (Å²) in [5.74, 6) is 4.91. The predicted octanol–water partition coefficient (Wildman–Crippen LogP) is -0.170. The van der Waals surface area contributed by atoms with Gasteiger partial charge < -0.3 is 14.0 Å². The molecular weight excluding hydrogens is 214 g/mol. The molecule has 1 atom stereocenters. The standard InChI is InChI=1S/C9H15N3O4/c1-6(4-14-2)15-5-7-3-8(12-16-7)9(13)11-10/h3,6H,4-5,10H2,1-2H3,(H,11,13). The van der Waals surface area contributed by atoms with Crippen LogP contribution in [0.2, 0.25) is 0 Å². The van der Waals surface area contributed by atoms with Crippen molar-refractivity contribution in [2.24, 2.45) is 5.84 Å². The average Bonchev–Trinajstić information content (AvgIpc) is 2.74. The van der Waals surface area contributed by atoms with E-state index in [1.165, 1.54) is 6.07 Å². The molecule has 1 heterocycles. The molecule has 0 aliphatic rings. The SMILES string of the molecule is COCC(C)OCc1cc(C(=O)NN)no1. The highest BCUT2D eigenvalue weighted by Gasteiger charge is 2.12. The van der Waals surface area contributed by atoms with Crippen LogP contribution in [-0.4, -0.2) is 30.9 Å². The van der Waals surface area contributed by atoms with E-state index in [9.17, 15) is 4.79 Å². The van der Waals surface area contributed by atoms with Crippen LogP contribution in [0.5, 0.6) is 0 Å². The van der Waals surface area contributed by atoms with Crippen molar-refractivity contribution in [1.29, 1.82) is 0 Å². The van der Waals surface area contributed by atoms with Gasteiger partial charge in [0, 0.05) is 13.2 Å². The molecule has 16 heavy (non-hydrogen) atoms. The van der Waals surface area contributed by atoms with Crippen molar-refractivity contribution >= 4 is 5.91 Å². The van der Waals surface area contributed by atoms with Gasteiger partial charge in [-0.05, 0) is 6.92 Å².